The molecule has 0 fully saturated rings. The highest BCUT2D eigenvalue weighted by atomic mass is 32.1. The van der Waals surface area contributed by atoms with E-state index < -0.39 is 0 Å². The van der Waals surface area contributed by atoms with Crippen molar-refractivity contribution in [2.75, 3.05) is 7.11 Å². The molecule has 0 saturated heterocycles. The zero-order chi connectivity index (χ0) is 13.1. The largest absolute Gasteiger partial charge is 0.496 e. The number of rotatable bonds is 4. The number of aromatic nitrogens is 2. The van der Waals surface area contributed by atoms with E-state index in [0.29, 0.717) is 16.6 Å². The SMILES string of the molecule is COc1ccc(C(C)Cc2n[nH]c(=S)o2)cc1C. The Bertz CT molecular complexity index is 589. The lowest BCUT2D eigenvalue weighted by atomic mass is 9.96. The highest BCUT2D eigenvalue weighted by Crippen LogP contribution is 2.25. The lowest BCUT2D eigenvalue weighted by Gasteiger charge is -2.12. The van der Waals surface area contributed by atoms with Crippen molar-refractivity contribution < 1.29 is 9.15 Å². The molecule has 1 N–H and O–H groups in total. The van der Waals surface area contributed by atoms with Gasteiger partial charge in [0.25, 0.3) is 4.84 Å². The predicted octanol–water partition coefficient (Wildman–Crippen LogP) is 3.40. The molecule has 0 amide bonds. The maximum absolute atomic E-state index is 5.27. The average molecular weight is 264 g/mol. The minimum atomic E-state index is 0.316. The third-order valence-electron chi connectivity index (χ3n) is 2.95. The predicted molar refractivity (Wildman–Crippen MR) is 71.5 cm³/mol. The molecule has 1 aromatic carbocycles. The lowest BCUT2D eigenvalue weighted by molar-refractivity contribution is 0.411. The fraction of sp³-hybridized carbons (Fsp3) is 0.385. The molecule has 2 rings (SSSR count). The molecule has 0 saturated carbocycles. The maximum Gasteiger partial charge on any atom is 0.284 e. The summed E-state index contributed by atoms with van der Waals surface area (Å²) in [6, 6.07) is 6.18. The van der Waals surface area contributed by atoms with Crippen LogP contribution in [0.15, 0.2) is 22.6 Å². The second kappa shape index (κ2) is 5.35. The average Bonchev–Trinajstić information content (AvgIpc) is 2.74. The summed E-state index contributed by atoms with van der Waals surface area (Å²) < 4.78 is 10.5. The first-order valence-electron chi connectivity index (χ1n) is 5.79. The molecular formula is C13H16N2O2S. The van der Waals surface area contributed by atoms with E-state index in [9.17, 15) is 0 Å². The van der Waals surface area contributed by atoms with E-state index >= 15 is 0 Å². The summed E-state index contributed by atoms with van der Waals surface area (Å²) in [5.41, 5.74) is 2.36. The van der Waals surface area contributed by atoms with Gasteiger partial charge in [-0.2, -0.15) is 0 Å². The second-order valence-electron chi connectivity index (χ2n) is 4.34. The van der Waals surface area contributed by atoms with Gasteiger partial charge in [-0.15, -0.1) is 5.10 Å². The number of methoxy groups -OCH3 is 1. The van der Waals surface area contributed by atoms with Crippen molar-refractivity contribution in [3.05, 3.63) is 40.1 Å². The van der Waals surface area contributed by atoms with Gasteiger partial charge in [-0.25, -0.2) is 5.10 Å². The molecule has 1 unspecified atom stereocenters. The first-order chi connectivity index (χ1) is 8.60. The van der Waals surface area contributed by atoms with Crippen molar-refractivity contribution in [2.24, 2.45) is 0 Å². The molecule has 4 nitrogen and oxygen atoms in total. The van der Waals surface area contributed by atoms with Crippen LogP contribution in [0.4, 0.5) is 0 Å². The zero-order valence-corrected chi connectivity index (χ0v) is 11.5. The molecular weight excluding hydrogens is 248 g/mol. The summed E-state index contributed by atoms with van der Waals surface area (Å²) >= 11 is 4.85. The molecule has 0 spiro atoms. The van der Waals surface area contributed by atoms with Gasteiger partial charge in [0.05, 0.1) is 7.11 Å². The van der Waals surface area contributed by atoms with E-state index in [0.717, 1.165) is 17.7 Å². The molecule has 0 aliphatic carbocycles. The van der Waals surface area contributed by atoms with Gasteiger partial charge in [-0.1, -0.05) is 19.1 Å². The molecule has 2 aromatic rings. The minimum absolute atomic E-state index is 0.316. The summed E-state index contributed by atoms with van der Waals surface area (Å²) in [6.07, 6.45) is 0.721. The van der Waals surface area contributed by atoms with Gasteiger partial charge in [0.15, 0.2) is 0 Å². The Morgan fingerprint density at radius 3 is 2.83 bits per heavy atom. The van der Waals surface area contributed by atoms with Crippen molar-refractivity contribution in [2.45, 2.75) is 26.2 Å². The Balaban J connectivity index is 2.16. The van der Waals surface area contributed by atoms with Gasteiger partial charge >= 0.3 is 0 Å². The Kier molecular flexibility index (Phi) is 3.81. The molecule has 0 aliphatic heterocycles. The van der Waals surface area contributed by atoms with Crippen LogP contribution in [0.3, 0.4) is 0 Å². The second-order valence-corrected chi connectivity index (χ2v) is 4.71. The first kappa shape index (κ1) is 12.8. The van der Waals surface area contributed by atoms with E-state index in [2.05, 4.69) is 29.3 Å². The Labute approximate surface area is 111 Å². The topological polar surface area (TPSA) is 51.0 Å². The molecule has 1 atom stereocenters. The quantitative estimate of drug-likeness (QED) is 0.860. The number of hydrogen-bond donors (Lipinski definition) is 1. The minimum Gasteiger partial charge on any atom is -0.496 e. The number of benzene rings is 1. The van der Waals surface area contributed by atoms with Crippen LogP contribution < -0.4 is 4.74 Å². The summed E-state index contributed by atoms with van der Waals surface area (Å²) in [4.78, 5) is 0.322. The highest BCUT2D eigenvalue weighted by molar-refractivity contribution is 7.71. The summed E-state index contributed by atoms with van der Waals surface area (Å²) in [7, 11) is 1.68. The fourth-order valence-corrected chi connectivity index (χ4v) is 2.08. The van der Waals surface area contributed by atoms with E-state index in [-0.39, 0.29) is 0 Å². The number of H-pyrrole nitrogens is 1. The zero-order valence-electron chi connectivity index (χ0n) is 10.7. The van der Waals surface area contributed by atoms with Crippen LogP contribution in [0.5, 0.6) is 5.75 Å². The molecule has 0 bridgehead atoms. The number of aryl methyl sites for hydroxylation is 1. The smallest absolute Gasteiger partial charge is 0.284 e. The summed E-state index contributed by atoms with van der Waals surface area (Å²) in [5, 5.41) is 6.65. The van der Waals surface area contributed by atoms with Gasteiger partial charge in [-0.05, 0) is 42.3 Å². The van der Waals surface area contributed by atoms with Gasteiger partial charge in [0, 0.05) is 6.42 Å². The Morgan fingerprint density at radius 1 is 1.50 bits per heavy atom. The molecule has 0 radical (unpaired) electrons. The monoisotopic (exact) mass is 264 g/mol. The van der Waals surface area contributed by atoms with Crippen molar-refractivity contribution in [3.63, 3.8) is 0 Å². The van der Waals surface area contributed by atoms with Crippen LogP contribution >= 0.6 is 12.2 Å². The third kappa shape index (κ3) is 2.79. The van der Waals surface area contributed by atoms with E-state index in [1.165, 1.54) is 5.56 Å². The maximum atomic E-state index is 5.27. The molecule has 0 aliphatic rings. The van der Waals surface area contributed by atoms with Crippen LogP contribution in [0.1, 0.15) is 29.9 Å². The highest BCUT2D eigenvalue weighted by Gasteiger charge is 2.11. The molecule has 1 heterocycles. The standard InChI is InChI=1S/C13H16N2O2S/c1-8(7-12-14-15-13(18)17-12)10-4-5-11(16-3)9(2)6-10/h4-6,8H,7H2,1-3H3,(H,15,18). The number of nitrogens with one attached hydrogen (secondary N) is 1. The van der Waals surface area contributed by atoms with Crippen LogP contribution in [-0.2, 0) is 6.42 Å². The van der Waals surface area contributed by atoms with Gasteiger partial charge in [0.1, 0.15) is 5.75 Å². The van der Waals surface area contributed by atoms with Crippen molar-refractivity contribution in [1.82, 2.24) is 10.2 Å². The van der Waals surface area contributed by atoms with Gasteiger partial charge in [-0.3, -0.25) is 0 Å². The normalized spacial score (nSPS) is 12.4. The third-order valence-corrected chi connectivity index (χ3v) is 3.13. The van der Waals surface area contributed by atoms with E-state index in [1.807, 2.05) is 13.0 Å². The van der Waals surface area contributed by atoms with E-state index in [1.54, 1.807) is 7.11 Å². The van der Waals surface area contributed by atoms with Crippen LogP contribution in [0, 0.1) is 11.8 Å². The van der Waals surface area contributed by atoms with Gasteiger partial charge < -0.3 is 9.15 Å². The number of ether oxygens (including phenoxy) is 1. The number of nitrogens with zero attached hydrogens (tertiary/aromatic N) is 1. The fourth-order valence-electron chi connectivity index (χ4n) is 1.94. The number of aromatic amines is 1. The van der Waals surface area contributed by atoms with Crippen LogP contribution in [0.25, 0.3) is 0 Å². The summed E-state index contributed by atoms with van der Waals surface area (Å²) in [6.45, 7) is 4.17. The molecule has 5 heteroatoms. The van der Waals surface area contributed by atoms with E-state index in [4.69, 9.17) is 21.4 Å². The van der Waals surface area contributed by atoms with Crippen LogP contribution in [-0.4, -0.2) is 17.3 Å². The van der Waals surface area contributed by atoms with Crippen molar-refractivity contribution in [1.29, 1.82) is 0 Å². The summed E-state index contributed by atoms with van der Waals surface area (Å²) in [5.74, 6) is 1.86. The number of hydrogen-bond acceptors (Lipinski definition) is 4. The molecule has 1 aromatic heterocycles. The first-order valence-corrected chi connectivity index (χ1v) is 6.20. The van der Waals surface area contributed by atoms with Gasteiger partial charge in [0.2, 0.25) is 5.89 Å². The molecule has 96 valence electrons. The lowest BCUT2D eigenvalue weighted by Crippen LogP contribution is -2.00. The van der Waals surface area contributed by atoms with Crippen molar-refractivity contribution >= 4 is 12.2 Å². The molecule has 18 heavy (non-hydrogen) atoms. The van der Waals surface area contributed by atoms with Crippen molar-refractivity contribution in [3.8, 4) is 5.75 Å². The van der Waals surface area contributed by atoms with Crippen LogP contribution in [0.2, 0.25) is 0 Å². The Morgan fingerprint density at radius 2 is 2.28 bits per heavy atom. The Hall–Kier alpha value is -1.62.